The van der Waals surface area contributed by atoms with E-state index in [4.69, 9.17) is 20.9 Å². The maximum absolute atomic E-state index is 5.96. The number of aromatic nitrogens is 4. The molecule has 3 rings (SSSR count). The molecular weight excluding hydrogens is 292 g/mol. The number of aryl methyl sites for hydroxylation is 1. The van der Waals surface area contributed by atoms with E-state index in [1.165, 1.54) is 7.11 Å². The predicted molar refractivity (Wildman–Crippen MR) is 77.1 cm³/mol. The Kier molecular flexibility index (Phi) is 3.53. The van der Waals surface area contributed by atoms with Crippen LogP contribution in [0, 0.1) is 6.92 Å². The third kappa shape index (κ3) is 2.71. The van der Waals surface area contributed by atoms with Gasteiger partial charge in [0.2, 0.25) is 5.82 Å². The number of rotatable bonds is 3. The van der Waals surface area contributed by atoms with Crippen molar-refractivity contribution in [3.8, 4) is 28.9 Å². The molecule has 0 aliphatic rings. The molecule has 0 radical (unpaired) electrons. The first-order valence-electron chi connectivity index (χ1n) is 6.15. The number of nitrogens with zero attached hydrogens (tertiary/aromatic N) is 4. The highest BCUT2D eigenvalue weighted by Gasteiger charge is 2.14. The molecule has 0 unspecified atom stereocenters. The molecule has 0 spiro atoms. The van der Waals surface area contributed by atoms with E-state index in [-0.39, 0.29) is 0 Å². The van der Waals surface area contributed by atoms with Crippen LogP contribution in [-0.4, -0.2) is 27.2 Å². The Bertz CT molecular complexity index is 788. The molecule has 2 heterocycles. The van der Waals surface area contributed by atoms with Crippen LogP contribution in [0.3, 0.4) is 0 Å². The quantitative estimate of drug-likeness (QED) is 0.740. The number of ether oxygens (including phenoxy) is 1. The highest BCUT2D eigenvalue weighted by atomic mass is 35.5. The number of hydrogen-bond donors (Lipinski definition) is 0. The molecule has 0 fully saturated rings. The SMILES string of the molecule is COc1ncc(-c2nc(-c3cccc(Cl)c3)no2)c(C)n1. The van der Waals surface area contributed by atoms with E-state index in [0.29, 0.717) is 34.0 Å². The molecule has 0 atom stereocenters. The largest absolute Gasteiger partial charge is 0.467 e. The highest BCUT2D eigenvalue weighted by Crippen LogP contribution is 2.25. The van der Waals surface area contributed by atoms with Crippen molar-refractivity contribution in [2.45, 2.75) is 6.92 Å². The lowest BCUT2D eigenvalue weighted by molar-refractivity contribution is 0.378. The lowest BCUT2D eigenvalue weighted by Gasteiger charge is -2.01. The van der Waals surface area contributed by atoms with Gasteiger partial charge in [-0.1, -0.05) is 28.9 Å². The molecule has 106 valence electrons. The smallest absolute Gasteiger partial charge is 0.316 e. The maximum Gasteiger partial charge on any atom is 0.316 e. The van der Waals surface area contributed by atoms with Crippen LogP contribution in [0.5, 0.6) is 6.01 Å². The molecule has 0 aliphatic heterocycles. The summed E-state index contributed by atoms with van der Waals surface area (Å²) in [6.07, 6.45) is 1.59. The first kappa shape index (κ1) is 13.5. The van der Waals surface area contributed by atoms with Gasteiger partial charge in [-0.3, -0.25) is 0 Å². The Labute approximate surface area is 125 Å². The van der Waals surface area contributed by atoms with Gasteiger partial charge in [-0.25, -0.2) is 4.98 Å². The molecule has 6 nitrogen and oxygen atoms in total. The van der Waals surface area contributed by atoms with Crippen molar-refractivity contribution in [3.63, 3.8) is 0 Å². The second-order valence-electron chi connectivity index (χ2n) is 4.29. The summed E-state index contributed by atoms with van der Waals surface area (Å²) in [5.41, 5.74) is 2.14. The monoisotopic (exact) mass is 302 g/mol. The second-order valence-corrected chi connectivity index (χ2v) is 4.73. The van der Waals surface area contributed by atoms with Gasteiger partial charge in [0.15, 0.2) is 0 Å². The molecule has 0 bridgehead atoms. The molecule has 0 aliphatic carbocycles. The lowest BCUT2D eigenvalue weighted by Crippen LogP contribution is -1.96. The minimum atomic E-state index is 0.297. The zero-order valence-corrected chi connectivity index (χ0v) is 12.1. The molecular formula is C14H11ClN4O2. The van der Waals surface area contributed by atoms with Crippen LogP contribution >= 0.6 is 11.6 Å². The molecule has 2 aromatic heterocycles. The van der Waals surface area contributed by atoms with E-state index in [2.05, 4.69) is 20.1 Å². The fourth-order valence-corrected chi connectivity index (χ4v) is 2.02. The summed E-state index contributed by atoms with van der Waals surface area (Å²) in [5.74, 6) is 0.813. The van der Waals surface area contributed by atoms with Crippen LogP contribution in [0.25, 0.3) is 22.8 Å². The van der Waals surface area contributed by atoms with Crippen LogP contribution < -0.4 is 4.74 Å². The average molecular weight is 303 g/mol. The fraction of sp³-hybridized carbons (Fsp3) is 0.143. The van der Waals surface area contributed by atoms with Gasteiger partial charge < -0.3 is 9.26 Å². The van der Waals surface area contributed by atoms with Gasteiger partial charge in [-0.05, 0) is 19.1 Å². The van der Waals surface area contributed by atoms with E-state index < -0.39 is 0 Å². The van der Waals surface area contributed by atoms with E-state index in [1.807, 2.05) is 19.1 Å². The molecule has 3 aromatic rings. The summed E-state index contributed by atoms with van der Waals surface area (Å²) in [7, 11) is 1.51. The summed E-state index contributed by atoms with van der Waals surface area (Å²) in [4.78, 5) is 12.6. The van der Waals surface area contributed by atoms with Crippen LogP contribution in [-0.2, 0) is 0 Å². The van der Waals surface area contributed by atoms with Crippen molar-refractivity contribution in [2.75, 3.05) is 7.11 Å². The van der Waals surface area contributed by atoms with Gasteiger partial charge >= 0.3 is 6.01 Å². The molecule has 7 heteroatoms. The van der Waals surface area contributed by atoms with Crippen LogP contribution in [0.4, 0.5) is 0 Å². The molecule has 0 amide bonds. The molecule has 0 saturated carbocycles. The van der Waals surface area contributed by atoms with Gasteiger partial charge in [0.25, 0.3) is 5.89 Å². The van der Waals surface area contributed by atoms with Gasteiger partial charge in [0.1, 0.15) is 0 Å². The average Bonchev–Trinajstić information content (AvgIpc) is 2.96. The van der Waals surface area contributed by atoms with Crippen LogP contribution in [0.2, 0.25) is 5.02 Å². The van der Waals surface area contributed by atoms with Crippen molar-refractivity contribution in [1.82, 2.24) is 20.1 Å². The third-order valence-electron chi connectivity index (χ3n) is 2.88. The molecule has 1 aromatic carbocycles. The fourth-order valence-electron chi connectivity index (χ4n) is 1.83. The number of methoxy groups -OCH3 is 1. The topological polar surface area (TPSA) is 73.9 Å². The van der Waals surface area contributed by atoms with Crippen molar-refractivity contribution in [1.29, 1.82) is 0 Å². The van der Waals surface area contributed by atoms with Crippen LogP contribution in [0.1, 0.15) is 5.69 Å². The minimum Gasteiger partial charge on any atom is -0.467 e. The second kappa shape index (κ2) is 5.49. The summed E-state index contributed by atoms with van der Waals surface area (Å²) in [6.45, 7) is 1.82. The lowest BCUT2D eigenvalue weighted by atomic mass is 10.2. The number of halogens is 1. The van der Waals surface area contributed by atoms with E-state index in [9.17, 15) is 0 Å². The summed E-state index contributed by atoms with van der Waals surface area (Å²) >= 11 is 5.96. The number of hydrogen-bond acceptors (Lipinski definition) is 6. The van der Waals surface area contributed by atoms with Crippen LogP contribution in [0.15, 0.2) is 35.0 Å². The Morgan fingerprint density at radius 3 is 2.81 bits per heavy atom. The van der Waals surface area contributed by atoms with Crippen molar-refractivity contribution < 1.29 is 9.26 Å². The molecule has 0 N–H and O–H groups in total. The van der Waals surface area contributed by atoms with Crippen molar-refractivity contribution in [3.05, 3.63) is 41.2 Å². The predicted octanol–water partition coefficient (Wildman–Crippen LogP) is 3.16. The zero-order valence-electron chi connectivity index (χ0n) is 11.4. The molecule has 21 heavy (non-hydrogen) atoms. The number of benzene rings is 1. The third-order valence-corrected chi connectivity index (χ3v) is 3.11. The first-order chi connectivity index (χ1) is 10.2. The van der Waals surface area contributed by atoms with E-state index in [0.717, 1.165) is 5.56 Å². The highest BCUT2D eigenvalue weighted by molar-refractivity contribution is 6.30. The first-order valence-corrected chi connectivity index (χ1v) is 6.53. The Morgan fingerprint density at radius 2 is 2.10 bits per heavy atom. The van der Waals surface area contributed by atoms with Crippen molar-refractivity contribution >= 4 is 11.6 Å². The van der Waals surface area contributed by atoms with E-state index in [1.54, 1.807) is 18.3 Å². The standard InChI is InChI=1S/C14H11ClN4O2/c1-8-11(7-16-14(17-8)20-2)13-18-12(19-21-13)9-4-3-5-10(15)6-9/h3-7H,1-2H3. The maximum atomic E-state index is 5.96. The zero-order chi connectivity index (χ0) is 14.8. The van der Waals surface area contributed by atoms with Gasteiger partial charge in [0.05, 0.1) is 18.4 Å². The van der Waals surface area contributed by atoms with Gasteiger partial charge in [0, 0.05) is 16.8 Å². The van der Waals surface area contributed by atoms with Gasteiger partial charge in [-0.15, -0.1) is 0 Å². The summed E-state index contributed by atoms with van der Waals surface area (Å²) in [5, 5.41) is 4.57. The summed E-state index contributed by atoms with van der Waals surface area (Å²) < 4.78 is 10.2. The minimum absolute atomic E-state index is 0.297. The normalized spacial score (nSPS) is 10.6. The van der Waals surface area contributed by atoms with Gasteiger partial charge in [-0.2, -0.15) is 9.97 Å². The Balaban J connectivity index is 1.98. The van der Waals surface area contributed by atoms with E-state index >= 15 is 0 Å². The Morgan fingerprint density at radius 1 is 1.24 bits per heavy atom. The summed E-state index contributed by atoms with van der Waals surface area (Å²) in [6, 6.07) is 7.54. The molecule has 0 saturated heterocycles. The van der Waals surface area contributed by atoms with Crippen molar-refractivity contribution in [2.24, 2.45) is 0 Å². The Hall–Kier alpha value is -2.47.